The highest BCUT2D eigenvalue weighted by Gasteiger charge is 2.14. The van der Waals surface area contributed by atoms with E-state index in [4.69, 9.17) is 4.74 Å². The van der Waals surface area contributed by atoms with Gasteiger partial charge in [-0.25, -0.2) is 0 Å². The number of amides is 2. The van der Waals surface area contributed by atoms with E-state index in [2.05, 4.69) is 29.4 Å². The highest BCUT2D eigenvalue weighted by atomic mass is 16.5. The number of hydrogen-bond acceptors (Lipinski definition) is 4. The number of anilines is 2. The second kappa shape index (κ2) is 10.6. The first-order valence-electron chi connectivity index (χ1n) is 8.55. The molecule has 6 heteroatoms. The lowest BCUT2D eigenvalue weighted by Gasteiger charge is -2.22. The molecule has 0 fully saturated rings. The van der Waals surface area contributed by atoms with Crippen LogP contribution >= 0.6 is 0 Å². The summed E-state index contributed by atoms with van der Waals surface area (Å²) < 4.78 is 5.18. The molecule has 0 radical (unpaired) electrons. The van der Waals surface area contributed by atoms with E-state index in [1.165, 1.54) is 0 Å². The van der Waals surface area contributed by atoms with Crippen molar-refractivity contribution < 1.29 is 14.3 Å². The van der Waals surface area contributed by atoms with E-state index in [9.17, 15) is 9.59 Å². The van der Waals surface area contributed by atoms with Crippen LogP contribution in [0.3, 0.4) is 0 Å². The molecule has 0 aromatic heterocycles. The SMILES string of the molecule is CCOCCCNC(=O)C(=O)Nc1ccc(N(CC)CC)cc1C. The van der Waals surface area contributed by atoms with Crippen LogP contribution in [0.4, 0.5) is 11.4 Å². The highest BCUT2D eigenvalue weighted by Crippen LogP contribution is 2.22. The summed E-state index contributed by atoms with van der Waals surface area (Å²) in [7, 11) is 0. The van der Waals surface area contributed by atoms with Gasteiger partial charge in [-0.1, -0.05) is 0 Å². The van der Waals surface area contributed by atoms with Crippen molar-refractivity contribution in [2.45, 2.75) is 34.1 Å². The zero-order valence-corrected chi connectivity index (χ0v) is 15.1. The smallest absolute Gasteiger partial charge is 0.313 e. The first-order chi connectivity index (χ1) is 11.5. The van der Waals surface area contributed by atoms with Crippen LogP contribution in [-0.4, -0.2) is 44.7 Å². The quantitative estimate of drug-likeness (QED) is 0.537. The van der Waals surface area contributed by atoms with E-state index >= 15 is 0 Å². The number of nitrogens with one attached hydrogen (secondary N) is 2. The first kappa shape index (κ1) is 20.0. The molecule has 2 amide bonds. The lowest BCUT2D eigenvalue weighted by molar-refractivity contribution is -0.136. The molecule has 0 aliphatic carbocycles. The molecule has 0 atom stereocenters. The van der Waals surface area contributed by atoms with Crippen LogP contribution in [0.1, 0.15) is 32.8 Å². The summed E-state index contributed by atoms with van der Waals surface area (Å²) in [6, 6.07) is 5.81. The maximum absolute atomic E-state index is 12.0. The number of carbonyl (C=O) groups is 2. The number of nitrogens with zero attached hydrogens (tertiary/aromatic N) is 1. The van der Waals surface area contributed by atoms with E-state index in [0.29, 0.717) is 31.9 Å². The van der Waals surface area contributed by atoms with Crippen LogP contribution in [0.2, 0.25) is 0 Å². The summed E-state index contributed by atoms with van der Waals surface area (Å²) in [5.41, 5.74) is 2.69. The van der Waals surface area contributed by atoms with Crippen molar-refractivity contribution in [3.8, 4) is 0 Å². The Hall–Kier alpha value is -2.08. The molecule has 0 spiro atoms. The number of rotatable bonds is 9. The molecule has 0 bridgehead atoms. The fraction of sp³-hybridized carbons (Fsp3) is 0.556. The fourth-order valence-electron chi connectivity index (χ4n) is 2.35. The third-order valence-electron chi connectivity index (χ3n) is 3.75. The standard InChI is InChI=1S/C18H29N3O3/c1-5-21(6-2)15-9-10-16(14(4)13-15)20-18(23)17(22)19-11-8-12-24-7-3/h9-10,13H,5-8,11-12H2,1-4H3,(H,19,22)(H,20,23). The average molecular weight is 335 g/mol. The molecular weight excluding hydrogens is 306 g/mol. The Labute approximate surface area is 144 Å². The second-order valence-corrected chi connectivity index (χ2v) is 5.43. The molecule has 0 aliphatic rings. The van der Waals surface area contributed by atoms with Crippen molar-refractivity contribution in [1.82, 2.24) is 5.32 Å². The summed E-state index contributed by atoms with van der Waals surface area (Å²) >= 11 is 0. The molecule has 0 unspecified atom stereocenters. The Morgan fingerprint density at radius 1 is 1.12 bits per heavy atom. The minimum absolute atomic E-state index is 0.423. The normalized spacial score (nSPS) is 10.3. The molecule has 0 saturated carbocycles. The van der Waals surface area contributed by atoms with E-state index in [1.54, 1.807) is 0 Å². The Morgan fingerprint density at radius 2 is 1.83 bits per heavy atom. The summed E-state index contributed by atoms with van der Waals surface area (Å²) in [6.07, 6.45) is 0.685. The van der Waals surface area contributed by atoms with Crippen molar-refractivity contribution >= 4 is 23.2 Å². The van der Waals surface area contributed by atoms with E-state index in [-0.39, 0.29) is 0 Å². The van der Waals surface area contributed by atoms with Gasteiger partial charge in [-0.3, -0.25) is 9.59 Å². The fourth-order valence-corrected chi connectivity index (χ4v) is 2.35. The molecule has 1 aromatic carbocycles. The van der Waals surface area contributed by atoms with Crippen LogP contribution in [0.25, 0.3) is 0 Å². The van der Waals surface area contributed by atoms with Crippen LogP contribution in [0.15, 0.2) is 18.2 Å². The monoisotopic (exact) mass is 335 g/mol. The molecule has 134 valence electrons. The van der Waals surface area contributed by atoms with E-state index in [1.807, 2.05) is 32.0 Å². The number of benzene rings is 1. The average Bonchev–Trinajstić information content (AvgIpc) is 2.57. The van der Waals surface area contributed by atoms with Gasteiger partial charge in [0.05, 0.1) is 0 Å². The van der Waals surface area contributed by atoms with Crippen molar-refractivity contribution in [3.63, 3.8) is 0 Å². The number of hydrogen-bond donors (Lipinski definition) is 2. The van der Waals surface area contributed by atoms with Gasteiger partial charge in [0.1, 0.15) is 0 Å². The predicted molar refractivity (Wildman–Crippen MR) is 97.5 cm³/mol. The molecule has 24 heavy (non-hydrogen) atoms. The van der Waals surface area contributed by atoms with Crippen molar-refractivity contribution in [3.05, 3.63) is 23.8 Å². The van der Waals surface area contributed by atoms with Gasteiger partial charge >= 0.3 is 11.8 Å². The largest absolute Gasteiger partial charge is 0.382 e. The van der Waals surface area contributed by atoms with Crippen LogP contribution in [0.5, 0.6) is 0 Å². The van der Waals surface area contributed by atoms with E-state index in [0.717, 1.165) is 24.3 Å². The molecule has 0 aliphatic heterocycles. The number of aryl methyl sites for hydroxylation is 1. The molecule has 0 heterocycles. The maximum Gasteiger partial charge on any atom is 0.313 e. The summed E-state index contributed by atoms with van der Waals surface area (Å²) in [5, 5.41) is 5.25. The Morgan fingerprint density at radius 3 is 2.42 bits per heavy atom. The van der Waals surface area contributed by atoms with Gasteiger partial charge in [-0.15, -0.1) is 0 Å². The highest BCUT2D eigenvalue weighted by molar-refractivity contribution is 6.39. The van der Waals surface area contributed by atoms with Gasteiger partial charge in [0.2, 0.25) is 0 Å². The third kappa shape index (κ3) is 6.20. The lowest BCUT2D eigenvalue weighted by atomic mass is 10.1. The summed E-state index contributed by atoms with van der Waals surface area (Å²) in [5.74, 6) is -1.27. The second-order valence-electron chi connectivity index (χ2n) is 5.43. The first-order valence-corrected chi connectivity index (χ1v) is 8.55. The lowest BCUT2D eigenvalue weighted by Crippen LogP contribution is -2.36. The maximum atomic E-state index is 12.0. The predicted octanol–water partition coefficient (Wildman–Crippen LogP) is 2.32. The van der Waals surface area contributed by atoms with E-state index < -0.39 is 11.8 Å². The van der Waals surface area contributed by atoms with Crippen molar-refractivity contribution in [2.75, 3.05) is 43.1 Å². The molecule has 6 nitrogen and oxygen atoms in total. The number of carbonyl (C=O) groups excluding carboxylic acids is 2. The van der Waals surface area contributed by atoms with Crippen molar-refractivity contribution in [2.24, 2.45) is 0 Å². The zero-order chi connectivity index (χ0) is 17.9. The zero-order valence-electron chi connectivity index (χ0n) is 15.1. The van der Waals surface area contributed by atoms with Gasteiger partial charge in [0.25, 0.3) is 0 Å². The third-order valence-corrected chi connectivity index (χ3v) is 3.75. The summed E-state index contributed by atoms with van der Waals surface area (Å²) in [6.45, 7) is 11.5. The Kier molecular flexibility index (Phi) is 8.86. The number of ether oxygens (including phenoxy) is 1. The van der Waals surface area contributed by atoms with Crippen molar-refractivity contribution in [1.29, 1.82) is 0 Å². The van der Waals surface area contributed by atoms with Gasteiger partial charge in [-0.2, -0.15) is 0 Å². The topological polar surface area (TPSA) is 70.7 Å². The molecular formula is C18H29N3O3. The van der Waals surface area contributed by atoms with Gasteiger partial charge in [0.15, 0.2) is 0 Å². The molecule has 1 aromatic rings. The van der Waals surface area contributed by atoms with Crippen LogP contribution < -0.4 is 15.5 Å². The van der Waals surface area contributed by atoms with Gasteiger partial charge in [-0.05, 0) is 57.9 Å². The molecule has 1 rings (SSSR count). The van der Waals surface area contributed by atoms with Gasteiger partial charge in [0, 0.05) is 44.2 Å². The van der Waals surface area contributed by atoms with Gasteiger partial charge < -0.3 is 20.3 Å². The van der Waals surface area contributed by atoms with Crippen LogP contribution in [-0.2, 0) is 14.3 Å². The molecule has 0 saturated heterocycles. The Bertz CT molecular complexity index is 542. The Balaban J connectivity index is 2.56. The summed E-state index contributed by atoms with van der Waals surface area (Å²) in [4.78, 5) is 26.0. The van der Waals surface area contributed by atoms with Crippen LogP contribution in [0, 0.1) is 6.92 Å². The molecule has 2 N–H and O–H groups in total. The minimum atomic E-state index is -0.648. The minimum Gasteiger partial charge on any atom is -0.382 e.